The second-order valence-corrected chi connectivity index (χ2v) is 4.89. The van der Waals surface area contributed by atoms with Crippen molar-refractivity contribution in [3.8, 4) is 0 Å². The van der Waals surface area contributed by atoms with Crippen molar-refractivity contribution < 1.29 is 4.42 Å². The summed E-state index contributed by atoms with van der Waals surface area (Å²) < 4.78 is 7.47. The zero-order valence-corrected chi connectivity index (χ0v) is 11.8. The Labute approximate surface area is 117 Å². The number of nitrogens with one attached hydrogen (secondary N) is 1. The third-order valence-electron chi connectivity index (χ3n) is 3.37. The van der Waals surface area contributed by atoms with E-state index in [-0.39, 0.29) is 0 Å². The molecule has 3 aromatic rings. The Morgan fingerprint density at radius 2 is 2.15 bits per heavy atom. The van der Waals surface area contributed by atoms with E-state index in [0.29, 0.717) is 0 Å². The molecule has 2 heterocycles. The van der Waals surface area contributed by atoms with Crippen LogP contribution in [0, 0.1) is 6.92 Å². The summed E-state index contributed by atoms with van der Waals surface area (Å²) in [6, 6.07) is 8.14. The quantitative estimate of drug-likeness (QED) is 0.722. The third kappa shape index (κ3) is 2.58. The standard InChI is InChI=1S/C15H18N4O/c1-11-13(12-5-3-4-6-14(12)20-11)9-16-8-7-15-17-10-19(2)18-15/h3-6,10,16H,7-9H2,1-2H3. The Morgan fingerprint density at radius 3 is 2.95 bits per heavy atom. The number of benzene rings is 1. The summed E-state index contributed by atoms with van der Waals surface area (Å²) in [4.78, 5) is 4.21. The Hall–Kier alpha value is -2.14. The smallest absolute Gasteiger partial charge is 0.151 e. The summed E-state index contributed by atoms with van der Waals surface area (Å²) in [6.45, 7) is 3.66. The number of para-hydroxylation sites is 1. The summed E-state index contributed by atoms with van der Waals surface area (Å²) in [6.07, 6.45) is 2.55. The van der Waals surface area contributed by atoms with E-state index in [1.165, 1.54) is 10.9 Å². The van der Waals surface area contributed by atoms with Crippen LogP contribution in [0.4, 0.5) is 0 Å². The molecule has 5 heteroatoms. The maximum Gasteiger partial charge on any atom is 0.151 e. The summed E-state index contributed by atoms with van der Waals surface area (Å²) >= 11 is 0. The fourth-order valence-electron chi connectivity index (χ4n) is 2.35. The van der Waals surface area contributed by atoms with E-state index in [1.54, 1.807) is 11.0 Å². The molecule has 0 radical (unpaired) electrons. The highest BCUT2D eigenvalue weighted by atomic mass is 16.3. The van der Waals surface area contributed by atoms with Gasteiger partial charge in [0.05, 0.1) is 0 Å². The van der Waals surface area contributed by atoms with Gasteiger partial charge in [-0.05, 0) is 13.0 Å². The highest BCUT2D eigenvalue weighted by Crippen LogP contribution is 2.24. The van der Waals surface area contributed by atoms with Gasteiger partial charge in [-0.15, -0.1) is 0 Å². The van der Waals surface area contributed by atoms with E-state index >= 15 is 0 Å². The first-order valence-electron chi connectivity index (χ1n) is 6.76. The summed E-state index contributed by atoms with van der Waals surface area (Å²) in [5.74, 6) is 1.85. The minimum absolute atomic E-state index is 0.801. The molecule has 0 spiro atoms. The van der Waals surface area contributed by atoms with E-state index in [2.05, 4.69) is 21.5 Å². The van der Waals surface area contributed by atoms with E-state index in [9.17, 15) is 0 Å². The number of hydrogen-bond acceptors (Lipinski definition) is 4. The van der Waals surface area contributed by atoms with Crippen LogP contribution in [-0.2, 0) is 20.0 Å². The predicted molar refractivity (Wildman–Crippen MR) is 77.4 cm³/mol. The van der Waals surface area contributed by atoms with Gasteiger partial charge >= 0.3 is 0 Å². The van der Waals surface area contributed by atoms with Gasteiger partial charge in [-0.3, -0.25) is 4.68 Å². The number of aryl methyl sites for hydroxylation is 2. The molecule has 0 aliphatic heterocycles. The fourth-order valence-corrected chi connectivity index (χ4v) is 2.35. The molecule has 0 aliphatic carbocycles. The summed E-state index contributed by atoms with van der Waals surface area (Å²) in [7, 11) is 1.88. The molecule has 2 aromatic heterocycles. The van der Waals surface area contributed by atoms with Gasteiger partial charge in [0, 0.05) is 37.5 Å². The van der Waals surface area contributed by atoms with Crippen LogP contribution in [-0.4, -0.2) is 21.3 Å². The van der Waals surface area contributed by atoms with Crippen LogP contribution in [0.5, 0.6) is 0 Å². The Morgan fingerprint density at radius 1 is 1.30 bits per heavy atom. The Bertz CT molecular complexity index is 714. The van der Waals surface area contributed by atoms with Crippen molar-refractivity contribution in [2.75, 3.05) is 6.54 Å². The molecule has 0 bridgehead atoms. The van der Waals surface area contributed by atoms with Crippen molar-refractivity contribution in [1.82, 2.24) is 20.1 Å². The highest BCUT2D eigenvalue weighted by Gasteiger charge is 2.09. The molecule has 0 fully saturated rings. The maximum absolute atomic E-state index is 5.75. The van der Waals surface area contributed by atoms with Crippen LogP contribution >= 0.6 is 0 Å². The van der Waals surface area contributed by atoms with Gasteiger partial charge in [0.25, 0.3) is 0 Å². The number of aromatic nitrogens is 3. The molecule has 5 nitrogen and oxygen atoms in total. The van der Waals surface area contributed by atoms with Crippen LogP contribution < -0.4 is 5.32 Å². The lowest BCUT2D eigenvalue weighted by Crippen LogP contribution is -2.17. The van der Waals surface area contributed by atoms with Gasteiger partial charge in [-0.1, -0.05) is 18.2 Å². The van der Waals surface area contributed by atoms with E-state index < -0.39 is 0 Å². The first-order chi connectivity index (χ1) is 9.74. The average Bonchev–Trinajstić information content (AvgIpc) is 2.98. The number of rotatable bonds is 5. The van der Waals surface area contributed by atoms with Gasteiger partial charge in [0.1, 0.15) is 17.7 Å². The Kier molecular flexibility index (Phi) is 3.52. The third-order valence-corrected chi connectivity index (χ3v) is 3.37. The molecule has 3 rings (SSSR count). The van der Waals surface area contributed by atoms with Crippen molar-refractivity contribution >= 4 is 11.0 Å². The molecule has 0 saturated heterocycles. The molecule has 20 heavy (non-hydrogen) atoms. The monoisotopic (exact) mass is 270 g/mol. The molecular formula is C15H18N4O. The van der Waals surface area contributed by atoms with Crippen LogP contribution in [0.3, 0.4) is 0 Å². The molecule has 0 saturated carbocycles. The van der Waals surface area contributed by atoms with Crippen molar-refractivity contribution in [1.29, 1.82) is 0 Å². The SMILES string of the molecule is Cc1oc2ccccc2c1CNCCc1ncn(C)n1. The molecule has 1 aromatic carbocycles. The number of fused-ring (bicyclic) bond motifs is 1. The molecule has 104 valence electrons. The first kappa shape index (κ1) is 12.9. The normalized spacial score (nSPS) is 11.3. The first-order valence-corrected chi connectivity index (χ1v) is 6.76. The summed E-state index contributed by atoms with van der Waals surface area (Å²) in [5, 5.41) is 8.88. The van der Waals surface area contributed by atoms with Gasteiger partial charge in [0.2, 0.25) is 0 Å². The maximum atomic E-state index is 5.75. The second-order valence-electron chi connectivity index (χ2n) is 4.89. The van der Waals surface area contributed by atoms with Gasteiger partial charge < -0.3 is 9.73 Å². The molecule has 0 amide bonds. The molecule has 0 unspecified atom stereocenters. The van der Waals surface area contributed by atoms with Gasteiger partial charge in [-0.25, -0.2) is 4.98 Å². The lowest BCUT2D eigenvalue weighted by molar-refractivity contribution is 0.564. The molecule has 0 atom stereocenters. The lowest BCUT2D eigenvalue weighted by Gasteiger charge is -2.02. The molecule has 0 aliphatic rings. The minimum atomic E-state index is 0.801. The zero-order valence-electron chi connectivity index (χ0n) is 11.8. The fraction of sp³-hybridized carbons (Fsp3) is 0.333. The molecule has 1 N–H and O–H groups in total. The van der Waals surface area contributed by atoms with E-state index in [0.717, 1.165) is 36.7 Å². The zero-order chi connectivity index (χ0) is 13.9. The molecular weight excluding hydrogens is 252 g/mol. The highest BCUT2D eigenvalue weighted by molar-refractivity contribution is 5.82. The van der Waals surface area contributed by atoms with E-state index in [4.69, 9.17) is 4.42 Å². The van der Waals surface area contributed by atoms with Crippen molar-refractivity contribution in [3.05, 3.63) is 47.7 Å². The Balaban J connectivity index is 1.61. The van der Waals surface area contributed by atoms with Crippen molar-refractivity contribution in [2.45, 2.75) is 19.9 Å². The lowest BCUT2D eigenvalue weighted by atomic mass is 10.1. The van der Waals surface area contributed by atoms with Crippen LogP contribution in [0.1, 0.15) is 17.1 Å². The minimum Gasteiger partial charge on any atom is -0.461 e. The number of nitrogens with zero attached hydrogens (tertiary/aromatic N) is 3. The van der Waals surface area contributed by atoms with E-state index in [1.807, 2.05) is 32.2 Å². The second kappa shape index (κ2) is 5.46. The van der Waals surface area contributed by atoms with Crippen molar-refractivity contribution in [2.24, 2.45) is 7.05 Å². The van der Waals surface area contributed by atoms with Crippen LogP contribution in [0.25, 0.3) is 11.0 Å². The largest absolute Gasteiger partial charge is 0.461 e. The van der Waals surface area contributed by atoms with Crippen LogP contribution in [0.15, 0.2) is 35.0 Å². The van der Waals surface area contributed by atoms with Crippen LogP contribution in [0.2, 0.25) is 0 Å². The van der Waals surface area contributed by atoms with Gasteiger partial charge in [0.15, 0.2) is 5.82 Å². The number of furan rings is 1. The van der Waals surface area contributed by atoms with Gasteiger partial charge in [-0.2, -0.15) is 5.10 Å². The average molecular weight is 270 g/mol. The summed E-state index contributed by atoms with van der Waals surface area (Å²) in [5.41, 5.74) is 2.18. The van der Waals surface area contributed by atoms with Crippen molar-refractivity contribution in [3.63, 3.8) is 0 Å². The predicted octanol–water partition coefficient (Wildman–Crippen LogP) is 2.20. The number of hydrogen-bond donors (Lipinski definition) is 1. The topological polar surface area (TPSA) is 55.9 Å².